The predicted octanol–water partition coefficient (Wildman–Crippen LogP) is 4.59. The molecular formula is C20H18O2. The van der Waals surface area contributed by atoms with Gasteiger partial charge in [-0.3, -0.25) is 0 Å². The first-order chi connectivity index (χ1) is 10.7. The first-order valence-electron chi connectivity index (χ1n) is 7.29. The molecule has 0 aliphatic heterocycles. The van der Waals surface area contributed by atoms with Gasteiger partial charge in [0.1, 0.15) is 11.5 Å². The second-order valence-electron chi connectivity index (χ2n) is 5.45. The highest BCUT2D eigenvalue weighted by Crippen LogP contribution is 2.39. The third-order valence-corrected chi connectivity index (χ3v) is 3.92. The minimum absolute atomic E-state index is 0.117. The van der Waals surface area contributed by atoms with Crippen molar-refractivity contribution in [2.45, 2.75) is 12.8 Å². The Morgan fingerprint density at radius 3 is 1.68 bits per heavy atom. The molecule has 0 bridgehead atoms. The lowest BCUT2D eigenvalue weighted by Crippen LogP contribution is -2.04. The van der Waals surface area contributed by atoms with Gasteiger partial charge in [-0.1, -0.05) is 60.7 Å². The molecule has 0 fully saturated rings. The molecule has 0 aromatic heterocycles. The van der Waals surface area contributed by atoms with E-state index in [-0.39, 0.29) is 17.4 Å². The summed E-state index contributed by atoms with van der Waals surface area (Å²) in [5.74, 6) is 0.284. The zero-order chi connectivity index (χ0) is 15.5. The minimum atomic E-state index is -0.117. The molecule has 110 valence electrons. The van der Waals surface area contributed by atoms with Crippen molar-refractivity contribution in [3.05, 3.63) is 95.1 Å². The zero-order valence-electron chi connectivity index (χ0n) is 12.4. The van der Waals surface area contributed by atoms with Crippen LogP contribution in [0.4, 0.5) is 0 Å². The van der Waals surface area contributed by atoms with Gasteiger partial charge in [-0.15, -0.1) is 0 Å². The van der Waals surface area contributed by atoms with Gasteiger partial charge in [-0.05, 0) is 35.7 Å². The number of hydrogen-bond donors (Lipinski definition) is 2. The average molecular weight is 290 g/mol. The number of aryl methyl sites for hydroxylation is 1. The maximum Gasteiger partial charge on any atom is 0.120 e. The fraction of sp³-hybridized carbons (Fsp3) is 0.100. The molecule has 3 rings (SSSR count). The first-order valence-corrected chi connectivity index (χ1v) is 7.29. The van der Waals surface area contributed by atoms with Gasteiger partial charge >= 0.3 is 0 Å². The molecule has 0 saturated carbocycles. The average Bonchev–Trinajstić information content (AvgIpc) is 2.55. The Morgan fingerprint density at radius 1 is 0.682 bits per heavy atom. The van der Waals surface area contributed by atoms with E-state index >= 15 is 0 Å². The maximum atomic E-state index is 10.4. The zero-order valence-corrected chi connectivity index (χ0v) is 12.4. The Kier molecular flexibility index (Phi) is 3.84. The number of aromatic hydroxyl groups is 2. The highest BCUT2D eigenvalue weighted by Gasteiger charge is 2.20. The number of hydrogen-bond acceptors (Lipinski definition) is 2. The minimum Gasteiger partial charge on any atom is -0.508 e. The largest absolute Gasteiger partial charge is 0.508 e. The van der Waals surface area contributed by atoms with Gasteiger partial charge < -0.3 is 10.2 Å². The van der Waals surface area contributed by atoms with Crippen LogP contribution in [-0.2, 0) is 0 Å². The van der Waals surface area contributed by atoms with Crippen molar-refractivity contribution >= 4 is 0 Å². The van der Waals surface area contributed by atoms with E-state index in [1.807, 2.05) is 60.7 Å². The van der Waals surface area contributed by atoms with E-state index in [1.165, 1.54) is 0 Å². The molecule has 2 N–H and O–H groups in total. The van der Waals surface area contributed by atoms with Gasteiger partial charge in [-0.2, -0.15) is 0 Å². The third-order valence-electron chi connectivity index (χ3n) is 3.92. The Balaban J connectivity index is 2.21. The van der Waals surface area contributed by atoms with Crippen LogP contribution in [0.15, 0.2) is 72.8 Å². The third kappa shape index (κ3) is 2.68. The summed E-state index contributed by atoms with van der Waals surface area (Å²) in [6.45, 7) is 1.78. The van der Waals surface area contributed by atoms with Crippen LogP contribution in [0.2, 0.25) is 0 Å². The Bertz CT molecular complexity index is 725. The second kappa shape index (κ2) is 5.94. The van der Waals surface area contributed by atoms with Crippen LogP contribution in [0.25, 0.3) is 0 Å². The van der Waals surface area contributed by atoms with Crippen molar-refractivity contribution < 1.29 is 10.2 Å². The lowest BCUT2D eigenvalue weighted by Gasteiger charge is -2.20. The molecule has 0 saturated heterocycles. The summed E-state index contributed by atoms with van der Waals surface area (Å²) in [7, 11) is 0. The van der Waals surface area contributed by atoms with E-state index in [4.69, 9.17) is 0 Å². The van der Waals surface area contributed by atoms with Crippen LogP contribution in [0.1, 0.15) is 28.2 Å². The fourth-order valence-electron chi connectivity index (χ4n) is 2.77. The normalized spacial score (nSPS) is 10.8. The molecule has 0 amide bonds. The predicted molar refractivity (Wildman–Crippen MR) is 88.3 cm³/mol. The maximum absolute atomic E-state index is 10.4. The molecule has 0 aliphatic carbocycles. The van der Waals surface area contributed by atoms with Gasteiger partial charge in [0.25, 0.3) is 0 Å². The molecule has 22 heavy (non-hydrogen) atoms. The standard InChI is InChI=1S/C20H18O2/c1-14-12-19(22)17(13-18(14)21)20(15-8-4-2-5-9-15)16-10-6-3-7-11-16/h2-13,20-22H,1H3. The van der Waals surface area contributed by atoms with Crippen LogP contribution < -0.4 is 0 Å². The van der Waals surface area contributed by atoms with Crippen LogP contribution in [-0.4, -0.2) is 10.2 Å². The molecule has 0 heterocycles. The van der Waals surface area contributed by atoms with Crippen molar-refractivity contribution in [3.63, 3.8) is 0 Å². The molecule has 3 aromatic carbocycles. The van der Waals surface area contributed by atoms with Crippen molar-refractivity contribution in [1.29, 1.82) is 0 Å². The number of benzene rings is 3. The summed E-state index contributed by atoms with van der Waals surface area (Å²) in [4.78, 5) is 0. The summed E-state index contributed by atoms with van der Waals surface area (Å²) in [6, 6.07) is 23.3. The molecule has 2 heteroatoms. The summed E-state index contributed by atoms with van der Waals surface area (Å²) in [5, 5.41) is 20.5. The Morgan fingerprint density at radius 2 is 1.18 bits per heavy atom. The smallest absolute Gasteiger partial charge is 0.120 e. The topological polar surface area (TPSA) is 40.5 Å². The summed E-state index contributed by atoms with van der Waals surface area (Å²) >= 11 is 0. The SMILES string of the molecule is Cc1cc(O)c(C(c2ccccc2)c2ccccc2)cc1O. The number of phenols is 2. The lowest BCUT2D eigenvalue weighted by molar-refractivity contribution is 0.450. The van der Waals surface area contributed by atoms with Gasteiger partial charge in [0.15, 0.2) is 0 Å². The first kappa shape index (κ1) is 14.2. The summed E-state index contributed by atoms with van der Waals surface area (Å²) in [5.41, 5.74) is 3.53. The Hall–Kier alpha value is -2.74. The van der Waals surface area contributed by atoms with E-state index in [2.05, 4.69) is 0 Å². The number of rotatable bonds is 3. The van der Waals surface area contributed by atoms with E-state index in [0.29, 0.717) is 11.1 Å². The van der Waals surface area contributed by atoms with Crippen LogP contribution >= 0.6 is 0 Å². The molecule has 3 aromatic rings. The highest BCUT2D eigenvalue weighted by atomic mass is 16.3. The van der Waals surface area contributed by atoms with Crippen LogP contribution in [0, 0.1) is 6.92 Å². The molecule has 0 aliphatic rings. The Labute approximate surface area is 130 Å². The van der Waals surface area contributed by atoms with E-state index in [1.54, 1.807) is 19.1 Å². The molecular weight excluding hydrogens is 272 g/mol. The van der Waals surface area contributed by atoms with Crippen molar-refractivity contribution in [2.24, 2.45) is 0 Å². The van der Waals surface area contributed by atoms with Gasteiger partial charge in [0.05, 0.1) is 0 Å². The summed E-state index contributed by atoms with van der Waals surface area (Å²) in [6.07, 6.45) is 0. The number of phenolic OH excluding ortho intramolecular Hbond substituents is 2. The van der Waals surface area contributed by atoms with Gasteiger partial charge in [0, 0.05) is 11.5 Å². The monoisotopic (exact) mass is 290 g/mol. The molecule has 0 spiro atoms. The van der Waals surface area contributed by atoms with E-state index < -0.39 is 0 Å². The van der Waals surface area contributed by atoms with Crippen molar-refractivity contribution in [2.75, 3.05) is 0 Å². The fourth-order valence-corrected chi connectivity index (χ4v) is 2.77. The van der Waals surface area contributed by atoms with Crippen molar-refractivity contribution in [3.8, 4) is 11.5 Å². The van der Waals surface area contributed by atoms with E-state index in [0.717, 1.165) is 11.1 Å². The van der Waals surface area contributed by atoms with Gasteiger partial charge in [-0.25, -0.2) is 0 Å². The molecule has 2 nitrogen and oxygen atoms in total. The lowest BCUT2D eigenvalue weighted by atomic mass is 9.84. The van der Waals surface area contributed by atoms with Gasteiger partial charge in [0.2, 0.25) is 0 Å². The molecule has 0 atom stereocenters. The van der Waals surface area contributed by atoms with E-state index in [9.17, 15) is 10.2 Å². The van der Waals surface area contributed by atoms with Crippen molar-refractivity contribution in [1.82, 2.24) is 0 Å². The summed E-state index contributed by atoms with van der Waals surface area (Å²) < 4.78 is 0. The second-order valence-corrected chi connectivity index (χ2v) is 5.45. The quantitative estimate of drug-likeness (QED) is 0.547. The molecule has 0 radical (unpaired) electrons. The van der Waals surface area contributed by atoms with Crippen LogP contribution in [0.3, 0.4) is 0 Å². The van der Waals surface area contributed by atoms with Crippen LogP contribution in [0.5, 0.6) is 11.5 Å². The molecule has 0 unspecified atom stereocenters. The highest BCUT2D eigenvalue weighted by molar-refractivity contribution is 5.53.